The Labute approximate surface area is 183 Å². The molecule has 0 aliphatic heterocycles. The van der Waals surface area contributed by atoms with Gasteiger partial charge in [0.25, 0.3) is 5.91 Å². The third-order valence-electron chi connectivity index (χ3n) is 4.07. The van der Waals surface area contributed by atoms with Crippen molar-refractivity contribution in [2.45, 2.75) is 6.61 Å². The molecule has 3 aromatic carbocycles. The summed E-state index contributed by atoms with van der Waals surface area (Å²) < 4.78 is 18.7. The first-order valence-electron chi connectivity index (χ1n) is 8.80. The number of amides is 1. The molecule has 0 unspecified atom stereocenters. The summed E-state index contributed by atoms with van der Waals surface area (Å²) in [7, 11) is 0. The zero-order valence-corrected chi connectivity index (χ0v) is 17.0. The molecular weight excluding hydrogens is 426 g/mol. The molecule has 30 heavy (non-hydrogen) atoms. The van der Waals surface area contributed by atoms with E-state index in [1.807, 2.05) is 6.07 Å². The molecule has 0 fully saturated rings. The second-order valence-corrected chi connectivity index (χ2v) is 7.07. The van der Waals surface area contributed by atoms with Gasteiger partial charge in [0.1, 0.15) is 29.8 Å². The van der Waals surface area contributed by atoms with Crippen LogP contribution in [-0.4, -0.2) is 5.91 Å². The molecule has 0 heterocycles. The highest BCUT2D eigenvalue weighted by molar-refractivity contribution is 6.35. The first-order valence-corrected chi connectivity index (χ1v) is 9.56. The van der Waals surface area contributed by atoms with E-state index in [-0.39, 0.29) is 12.2 Å². The fourth-order valence-corrected chi connectivity index (χ4v) is 2.97. The number of nitrogens with one attached hydrogen (secondary N) is 1. The minimum atomic E-state index is -0.582. The Hall–Kier alpha value is -3.33. The molecule has 0 atom stereocenters. The van der Waals surface area contributed by atoms with Gasteiger partial charge in [0.15, 0.2) is 0 Å². The van der Waals surface area contributed by atoms with E-state index in [1.54, 1.807) is 42.5 Å². The lowest BCUT2D eigenvalue weighted by Crippen LogP contribution is -2.13. The Morgan fingerprint density at radius 2 is 1.77 bits per heavy atom. The van der Waals surface area contributed by atoms with Gasteiger partial charge >= 0.3 is 0 Å². The van der Waals surface area contributed by atoms with Crippen LogP contribution >= 0.6 is 23.2 Å². The largest absolute Gasteiger partial charge is 0.489 e. The van der Waals surface area contributed by atoms with Crippen LogP contribution in [0.2, 0.25) is 10.0 Å². The van der Waals surface area contributed by atoms with Crippen molar-refractivity contribution >= 4 is 40.9 Å². The van der Waals surface area contributed by atoms with Crippen LogP contribution in [0.5, 0.6) is 5.75 Å². The maximum absolute atomic E-state index is 13.0. The molecule has 0 aromatic heterocycles. The van der Waals surface area contributed by atoms with Crippen molar-refractivity contribution in [1.29, 1.82) is 5.26 Å². The highest BCUT2D eigenvalue weighted by atomic mass is 35.5. The molecule has 3 rings (SSSR count). The molecule has 3 aromatic rings. The minimum absolute atomic E-state index is 0.0825. The first kappa shape index (κ1) is 21.4. The Kier molecular flexibility index (Phi) is 7.08. The van der Waals surface area contributed by atoms with Gasteiger partial charge in [0.2, 0.25) is 0 Å². The molecule has 0 spiro atoms. The van der Waals surface area contributed by atoms with E-state index in [4.69, 9.17) is 27.9 Å². The second-order valence-electron chi connectivity index (χ2n) is 6.22. The van der Waals surface area contributed by atoms with Crippen molar-refractivity contribution in [3.05, 3.63) is 99.3 Å². The van der Waals surface area contributed by atoms with Gasteiger partial charge in [-0.15, -0.1) is 0 Å². The number of ether oxygens (including phenoxy) is 1. The molecule has 0 aliphatic carbocycles. The van der Waals surface area contributed by atoms with E-state index < -0.39 is 11.7 Å². The van der Waals surface area contributed by atoms with Crippen LogP contribution in [0.1, 0.15) is 11.1 Å². The average molecular weight is 441 g/mol. The molecule has 0 bridgehead atoms. The van der Waals surface area contributed by atoms with Gasteiger partial charge in [-0.05, 0) is 60.2 Å². The molecule has 0 saturated carbocycles. The van der Waals surface area contributed by atoms with E-state index in [0.29, 0.717) is 27.0 Å². The predicted molar refractivity (Wildman–Crippen MR) is 116 cm³/mol. The minimum Gasteiger partial charge on any atom is -0.489 e. The maximum atomic E-state index is 13.0. The first-order chi connectivity index (χ1) is 14.4. The number of carbonyl (C=O) groups excluding carboxylic acids is 1. The number of anilines is 1. The van der Waals surface area contributed by atoms with E-state index in [2.05, 4.69) is 5.32 Å². The van der Waals surface area contributed by atoms with E-state index >= 15 is 0 Å². The van der Waals surface area contributed by atoms with Crippen molar-refractivity contribution in [3.63, 3.8) is 0 Å². The van der Waals surface area contributed by atoms with Crippen molar-refractivity contribution in [3.8, 4) is 11.8 Å². The Bertz CT molecular complexity index is 1120. The number of nitriles is 1. The molecular formula is C23H15Cl2FN2O2. The SMILES string of the molecule is N#C/C(=C\c1ccc(OCc2ccc(Cl)cc2Cl)cc1)C(=O)Nc1ccc(F)cc1. The number of halogens is 3. The zero-order chi connectivity index (χ0) is 21.5. The van der Waals surface area contributed by atoms with Gasteiger partial charge in [0.05, 0.1) is 0 Å². The molecule has 7 heteroatoms. The summed E-state index contributed by atoms with van der Waals surface area (Å²) in [4.78, 5) is 12.3. The average Bonchev–Trinajstić information content (AvgIpc) is 2.74. The van der Waals surface area contributed by atoms with Gasteiger partial charge in [-0.3, -0.25) is 4.79 Å². The topological polar surface area (TPSA) is 62.1 Å². The quantitative estimate of drug-likeness (QED) is 0.363. The molecule has 0 saturated heterocycles. The summed E-state index contributed by atoms with van der Waals surface area (Å²) in [5.41, 5.74) is 1.76. The van der Waals surface area contributed by atoms with E-state index in [0.717, 1.165) is 5.56 Å². The lowest BCUT2D eigenvalue weighted by molar-refractivity contribution is -0.112. The lowest BCUT2D eigenvalue weighted by atomic mass is 10.1. The number of benzene rings is 3. The molecule has 0 aliphatic rings. The number of carbonyl (C=O) groups is 1. The normalized spacial score (nSPS) is 10.9. The fraction of sp³-hybridized carbons (Fsp3) is 0.0435. The van der Waals surface area contributed by atoms with Crippen LogP contribution in [-0.2, 0) is 11.4 Å². The number of hydrogen-bond donors (Lipinski definition) is 1. The standard InChI is InChI=1S/C23H15Cl2FN2O2/c24-18-4-3-16(22(25)12-18)14-30-21-9-1-15(2-10-21)11-17(13-27)23(29)28-20-7-5-19(26)6-8-20/h1-12H,14H2,(H,28,29)/b17-11+. The lowest BCUT2D eigenvalue weighted by Gasteiger charge is -2.08. The molecule has 0 radical (unpaired) electrons. The van der Waals surface area contributed by atoms with Gasteiger partial charge in [-0.2, -0.15) is 5.26 Å². The van der Waals surface area contributed by atoms with E-state index in [9.17, 15) is 14.4 Å². The van der Waals surface area contributed by atoms with Gasteiger partial charge in [0, 0.05) is 21.3 Å². The van der Waals surface area contributed by atoms with Crippen molar-refractivity contribution in [2.75, 3.05) is 5.32 Å². The van der Waals surface area contributed by atoms with Crippen molar-refractivity contribution in [2.24, 2.45) is 0 Å². The van der Waals surface area contributed by atoms with Crippen LogP contribution in [0.15, 0.2) is 72.3 Å². The maximum Gasteiger partial charge on any atom is 0.266 e. The fourth-order valence-electron chi connectivity index (χ4n) is 2.51. The highest BCUT2D eigenvalue weighted by Gasteiger charge is 2.10. The Morgan fingerprint density at radius 3 is 2.40 bits per heavy atom. The Balaban J connectivity index is 1.65. The van der Waals surface area contributed by atoms with Crippen LogP contribution in [0, 0.1) is 17.1 Å². The second kappa shape index (κ2) is 9.93. The van der Waals surface area contributed by atoms with Crippen molar-refractivity contribution < 1.29 is 13.9 Å². The number of rotatable bonds is 6. The van der Waals surface area contributed by atoms with Gasteiger partial charge in [-0.1, -0.05) is 41.4 Å². The van der Waals surface area contributed by atoms with E-state index in [1.165, 1.54) is 30.3 Å². The number of nitrogens with zero attached hydrogens (tertiary/aromatic N) is 1. The summed E-state index contributed by atoms with van der Waals surface area (Å²) >= 11 is 12.0. The van der Waals surface area contributed by atoms with Gasteiger partial charge in [-0.25, -0.2) is 4.39 Å². The summed E-state index contributed by atoms with van der Waals surface area (Å²) in [5.74, 6) is -0.390. The smallest absolute Gasteiger partial charge is 0.266 e. The summed E-state index contributed by atoms with van der Waals surface area (Å²) in [6.45, 7) is 0.273. The summed E-state index contributed by atoms with van der Waals surface area (Å²) in [5, 5.41) is 12.9. The van der Waals surface area contributed by atoms with Crippen LogP contribution in [0.4, 0.5) is 10.1 Å². The number of hydrogen-bond acceptors (Lipinski definition) is 3. The zero-order valence-electron chi connectivity index (χ0n) is 15.5. The monoisotopic (exact) mass is 440 g/mol. The van der Waals surface area contributed by atoms with Crippen LogP contribution in [0.3, 0.4) is 0 Å². The van der Waals surface area contributed by atoms with Crippen molar-refractivity contribution in [1.82, 2.24) is 0 Å². The molecule has 4 nitrogen and oxygen atoms in total. The summed E-state index contributed by atoms with van der Waals surface area (Å²) in [6.07, 6.45) is 1.46. The summed E-state index contributed by atoms with van der Waals surface area (Å²) in [6, 6.07) is 19.2. The molecule has 1 N–H and O–H groups in total. The van der Waals surface area contributed by atoms with Crippen LogP contribution < -0.4 is 10.1 Å². The Morgan fingerprint density at radius 1 is 1.07 bits per heavy atom. The highest BCUT2D eigenvalue weighted by Crippen LogP contribution is 2.23. The molecule has 150 valence electrons. The predicted octanol–water partition coefficient (Wildman–Crippen LogP) is 6.26. The third kappa shape index (κ3) is 5.84. The van der Waals surface area contributed by atoms with Crippen LogP contribution in [0.25, 0.3) is 6.08 Å². The van der Waals surface area contributed by atoms with Gasteiger partial charge < -0.3 is 10.1 Å². The third-order valence-corrected chi connectivity index (χ3v) is 4.65. The molecule has 1 amide bonds.